The standard InChI is InChI=1S/C18H17FN4O3S/c1-18(11-4-3-5-14(10-11)26-2)15(24)23(17(25)21-18)22-16(27)20-13-8-6-12(19)7-9-13/h3-10H,1-2H3,(H,21,25)(H2,20,22,27). The maximum absolute atomic E-state index is 13.0. The van der Waals surface area contributed by atoms with E-state index >= 15 is 0 Å². The first-order valence-corrected chi connectivity index (χ1v) is 8.39. The molecule has 9 heteroatoms. The van der Waals surface area contributed by atoms with Crippen molar-refractivity contribution in [3.05, 3.63) is 59.9 Å². The molecule has 1 aliphatic heterocycles. The fourth-order valence-electron chi connectivity index (χ4n) is 2.66. The number of halogens is 1. The van der Waals surface area contributed by atoms with E-state index in [1.54, 1.807) is 31.2 Å². The molecule has 1 aliphatic rings. The van der Waals surface area contributed by atoms with Crippen molar-refractivity contribution in [2.75, 3.05) is 12.4 Å². The Kier molecular flexibility index (Phi) is 4.95. The number of imide groups is 1. The second kappa shape index (κ2) is 7.20. The average molecular weight is 388 g/mol. The van der Waals surface area contributed by atoms with Crippen LogP contribution in [0.15, 0.2) is 48.5 Å². The van der Waals surface area contributed by atoms with Crippen molar-refractivity contribution in [3.8, 4) is 5.75 Å². The van der Waals surface area contributed by atoms with Crippen LogP contribution in [0.2, 0.25) is 0 Å². The van der Waals surface area contributed by atoms with Crippen molar-refractivity contribution in [2.45, 2.75) is 12.5 Å². The second-order valence-electron chi connectivity index (χ2n) is 6.00. The van der Waals surface area contributed by atoms with Crippen LogP contribution in [0.5, 0.6) is 5.75 Å². The highest BCUT2D eigenvalue weighted by atomic mass is 32.1. The molecule has 0 spiro atoms. The van der Waals surface area contributed by atoms with Crippen molar-refractivity contribution < 1.29 is 18.7 Å². The third kappa shape index (κ3) is 3.68. The summed E-state index contributed by atoms with van der Waals surface area (Å²) < 4.78 is 18.1. The maximum atomic E-state index is 13.0. The van der Waals surface area contributed by atoms with Crippen molar-refractivity contribution in [3.63, 3.8) is 0 Å². The van der Waals surface area contributed by atoms with Gasteiger partial charge in [-0.3, -0.25) is 10.2 Å². The minimum Gasteiger partial charge on any atom is -0.497 e. The van der Waals surface area contributed by atoms with Gasteiger partial charge in [0.05, 0.1) is 7.11 Å². The highest BCUT2D eigenvalue weighted by Crippen LogP contribution is 2.30. The number of methoxy groups -OCH3 is 1. The van der Waals surface area contributed by atoms with Crippen molar-refractivity contribution >= 4 is 35.0 Å². The van der Waals surface area contributed by atoms with Crippen LogP contribution in [0.25, 0.3) is 0 Å². The number of hydrogen-bond donors (Lipinski definition) is 3. The number of carbonyl (C=O) groups excluding carboxylic acids is 2. The van der Waals surface area contributed by atoms with Gasteiger partial charge in [-0.15, -0.1) is 0 Å². The van der Waals surface area contributed by atoms with Crippen LogP contribution in [0.3, 0.4) is 0 Å². The Morgan fingerprint density at radius 2 is 1.93 bits per heavy atom. The molecule has 2 aromatic carbocycles. The molecule has 1 saturated heterocycles. The minimum atomic E-state index is -1.27. The molecule has 1 heterocycles. The fraction of sp³-hybridized carbons (Fsp3) is 0.167. The Morgan fingerprint density at radius 1 is 1.22 bits per heavy atom. The molecule has 0 aromatic heterocycles. The molecule has 7 nitrogen and oxygen atoms in total. The highest BCUT2D eigenvalue weighted by Gasteiger charge is 2.50. The molecule has 0 radical (unpaired) electrons. The Labute approximate surface area is 160 Å². The number of urea groups is 1. The summed E-state index contributed by atoms with van der Waals surface area (Å²) in [6.07, 6.45) is 0. The number of nitrogens with one attached hydrogen (secondary N) is 3. The molecule has 1 unspecified atom stereocenters. The molecule has 3 N–H and O–H groups in total. The van der Waals surface area contributed by atoms with E-state index in [4.69, 9.17) is 17.0 Å². The third-order valence-corrected chi connectivity index (χ3v) is 4.35. The number of amides is 3. The monoisotopic (exact) mass is 388 g/mol. The Hall–Kier alpha value is -3.20. The average Bonchev–Trinajstić information content (AvgIpc) is 2.88. The van der Waals surface area contributed by atoms with Gasteiger partial charge in [-0.25, -0.2) is 9.18 Å². The number of hydrazine groups is 1. The summed E-state index contributed by atoms with van der Waals surface area (Å²) in [5.74, 6) is -0.345. The lowest BCUT2D eigenvalue weighted by Gasteiger charge is -2.23. The Morgan fingerprint density at radius 3 is 2.59 bits per heavy atom. The van der Waals surface area contributed by atoms with Crippen LogP contribution < -0.4 is 20.8 Å². The smallest absolute Gasteiger partial charge is 0.344 e. The number of anilines is 1. The van der Waals surface area contributed by atoms with Gasteiger partial charge in [0.25, 0.3) is 5.91 Å². The minimum absolute atomic E-state index is 0.0139. The first-order chi connectivity index (χ1) is 12.8. The molecule has 2 aromatic rings. The van der Waals surface area contributed by atoms with E-state index in [9.17, 15) is 14.0 Å². The van der Waals surface area contributed by atoms with Gasteiger partial charge in [0.2, 0.25) is 0 Å². The Bertz CT molecular complexity index is 906. The largest absolute Gasteiger partial charge is 0.497 e. The van der Waals surface area contributed by atoms with Crippen LogP contribution in [-0.4, -0.2) is 29.2 Å². The third-order valence-electron chi connectivity index (χ3n) is 4.15. The summed E-state index contributed by atoms with van der Waals surface area (Å²) in [7, 11) is 1.52. The summed E-state index contributed by atoms with van der Waals surface area (Å²) in [6.45, 7) is 1.60. The SMILES string of the molecule is COc1cccc(C2(C)NC(=O)N(NC(=S)Nc3ccc(F)cc3)C2=O)c1. The number of ether oxygens (including phenoxy) is 1. The number of benzene rings is 2. The first-order valence-electron chi connectivity index (χ1n) is 7.98. The van der Waals surface area contributed by atoms with E-state index in [1.165, 1.54) is 31.4 Å². The number of carbonyl (C=O) groups is 2. The summed E-state index contributed by atoms with van der Waals surface area (Å²) in [5, 5.41) is 6.26. The molecular weight excluding hydrogens is 371 g/mol. The molecule has 140 valence electrons. The van der Waals surface area contributed by atoms with Gasteiger partial charge in [0, 0.05) is 5.69 Å². The van der Waals surface area contributed by atoms with E-state index in [0.717, 1.165) is 5.01 Å². The van der Waals surface area contributed by atoms with E-state index in [2.05, 4.69) is 16.1 Å². The molecule has 1 atom stereocenters. The number of thiocarbonyl (C=S) groups is 1. The molecular formula is C18H17FN4O3S. The van der Waals surface area contributed by atoms with Crippen LogP contribution >= 0.6 is 12.2 Å². The van der Waals surface area contributed by atoms with E-state index < -0.39 is 17.5 Å². The summed E-state index contributed by atoms with van der Waals surface area (Å²) >= 11 is 5.13. The van der Waals surface area contributed by atoms with Gasteiger partial charge in [-0.1, -0.05) is 12.1 Å². The lowest BCUT2D eigenvalue weighted by Crippen LogP contribution is -2.49. The van der Waals surface area contributed by atoms with E-state index in [0.29, 0.717) is 17.0 Å². The topological polar surface area (TPSA) is 82.7 Å². The fourth-order valence-corrected chi connectivity index (χ4v) is 2.87. The van der Waals surface area contributed by atoms with Crippen LogP contribution in [0.1, 0.15) is 12.5 Å². The van der Waals surface area contributed by atoms with Gasteiger partial charge in [0.1, 0.15) is 17.1 Å². The van der Waals surface area contributed by atoms with Gasteiger partial charge >= 0.3 is 6.03 Å². The van der Waals surface area contributed by atoms with Crippen LogP contribution in [0.4, 0.5) is 14.9 Å². The van der Waals surface area contributed by atoms with Gasteiger partial charge < -0.3 is 15.4 Å². The van der Waals surface area contributed by atoms with Crippen molar-refractivity contribution in [1.29, 1.82) is 0 Å². The van der Waals surface area contributed by atoms with Crippen LogP contribution in [-0.2, 0) is 10.3 Å². The van der Waals surface area contributed by atoms with E-state index in [1.807, 2.05) is 0 Å². The summed E-state index contributed by atoms with van der Waals surface area (Å²) in [5.41, 5.74) is 2.37. The number of hydrogen-bond acceptors (Lipinski definition) is 4. The number of nitrogens with zero attached hydrogens (tertiary/aromatic N) is 1. The van der Waals surface area contributed by atoms with Gasteiger partial charge in [-0.05, 0) is 61.1 Å². The van der Waals surface area contributed by atoms with E-state index in [-0.39, 0.29) is 10.9 Å². The molecule has 3 rings (SSSR count). The van der Waals surface area contributed by atoms with Crippen molar-refractivity contribution in [1.82, 2.24) is 15.8 Å². The summed E-state index contributed by atoms with van der Waals surface area (Å²) in [6, 6.07) is 11.7. The lowest BCUT2D eigenvalue weighted by atomic mass is 9.92. The van der Waals surface area contributed by atoms with Crippen LogP contribution in [0, 0.1) is 5.82 Å². The molecule has 1 fully saturated rings. The highest BCUT2D eigenvalue weighted by molar-refractivity contribution is 7.80. The molecule has 0 saturated carbocycles. The van der Waals surface area contributed by atoms with Crippen molar-refractivity contribution in [2.24, 2.45) is 0 Å². The molecule has 3 amide bonds. The van der Waals surface area contributed by atoms with Gasteiger partial charge in [0.15, 0.2) is 5.11 Å². The molecule has 0 bridgehead atoms. The first kappa shape index (κ1) is 18.6. The summed E-state index contributed by atoms with van der Waals surface area (Å²) in [4.78, 5) is 25.2. The second-order valence-corrected chi connectivity index (χ2v) is 6.41. The Balaban J connectivity index is 1.75. The zero-order valence-electron chi connectivity index (χ0n) is 14.6. The quantitative estimate of drug-likeness (QED) is 0.552. The molecule has 0 aliphatic carbocycles. The normalized spacial score (nSPS) is 18.9. The number of rotatable bonds is 4. The molecule has 27 heavy (non-hydrogen) atoms. The predicted octanol–water partition coefficient (Wildman–Crippen LogP) is 2.50. The predicted molar refractivity (Wildman–Crippen MR) is 101 cm³/mol. The zero-order chi connectivity index (χ0) is 19.6. The zero-order valence-corrected chi connectivity index (χ0v) is 15.4. The lowest BCUT2D eigenvalue weighted by molar-refractivity contribution is -0.132. The van der Waals surface area contributed by atoms with Gasteiger partial charge in [-0.2, -0.15) is 5.01 Å². The maximum Gasteiger partial charge on any atom is 0.344 e.